The van der Waals surface area contributed by atoms with Gasteiger partial charge >= 0.3 is 0 Å². The lowest BCUT2D eigenvalue weighted by Gasteiger charge is -2.09. The number of benzene rings is 1. The van der Waals surface area contributed by atoms with Crippen molar-refractivity contribution < 1.29 is 13.6 Å². The Morgan fingerprint density at radius 1 is 1.38 bits per heavy atom. The molecule has 0 saturated heterocycles. The average molecular weight is 291 g/mol. The molecule has 2 rings (SSSR count). The summed E-state index contributed by atoms with van der Waals surface area (Å²) in [6.45, 7) is 3.67. The first-order valence-corrected chi connectivity index (χ1v) is 6.27. The quantitative estimate of drug-likeness (QED) is 0.868. The number of nitrogens with zero attached hydrogens (tertiary/aromatic N) is 3. The van der Waals surface area contributed by atoms with Crippen LogP contribution >= 0.6 is 0 Å². The third kappa shape index (κ3) is 3.16. The second-order valence-electron chi connectivity index (χ2n) is 4.77. The molecule has 0 spiro atoms. The van der Waals surface area contributed by atoms with Gasteiger partial charge in [-0.25, -0.2) is 8.78 Å². The van der Waals surface area contributed by atoms with E-state index in [1.54, 1.807) is 20.3 Å². The molecule has 6 heteroatoms. The predicted octanol–water partition coefficient (Wildman–Crippen LogP) is 2.56. The Hall–Kier alpha value is -2.50. The monoisotopic (exact) mass is 291 g/mol. The number of aromatic nitrogens is 2. The van der Waals surface area contributed by atoms with Crippen molar-refractivity contribution in [1.82, 2.24) is 14.7 Å². The van der Waals surface area contributed by atoms with Gasteiger partial charge < -0.3 is 4.90 Å². The third-order valence-corrected chi connectivity index (χ3v) is 3.05. The minimum absolute atomic E-state index is 0.0834. The van der Waals surface area contributed by atoms with Crippen molar-refractivity contribution in [3.05, 3.63) is 48.3 Å². The fraction of sp³-hybridized carbons (Fsp3) is 0.200. The fourth-order valence-electron chi connectivity index (χ4n) is 1.85. The van der Waals surface area contributed by atoms with Crippen molar-refractivity contribution in [3.63, 3.8) is 0 Å². The van der Waals surface area contributed by atoms with E-state index in [0.29, 0.717) is 16.7 Å². The third-order valence-electron chi connectivity index (χ3n) is 3.05. The number of amides is 1. The Balaban J connectivity index is 2.35. The molecule has 0 aliphatic heterocycles. The van der Waals surface area contributed by atoms with Gasteiger partial charge in [-0.15, -0.1) is 0 Å². The first-order chi connectivity index (χ1) is 9.92. The number of hydrogen-bond donors (Lipinski definition) is 0. The van der Waals surface area contributed by atoms with E-state index < -0.39 is 11.6 Å². The van der Waals surface area contributed by atoms with Crippen LogP contribution in [0.25, 0.3) is 17.2 Å². The van der Waals surface area contributed by atoms with Crippen LogP contribution in [0.15, 0.2) is 31.1 Å². The fourth-order valence-corrected chi connectivity index (χ4v) is 1.85. The van der Waals surface area contributed by atoms with Crippen LogP contribution in [-0.2, 0) is 11.3 Å². The van der Waals surface area contributed by atoms with E-state index in [1.807, 2.05) is 0 Å². The molecule has 0 saturated carbocycles. The van der Waals surface area contributed by atoms with E-state index >= 15 is 0 Å². The Bertz CT molecular complexity index is 692. The van der Waals surface area contributed by atoms with Gasteiger partial charge in [-0.2, -0.15) is 5.10 Å². The van der Waals surface area contributed by atoms with Crippen molar-refractivity contribution in [2.75, 3.05) is 14.1 Å². The Morgan fingerprint density at radius 3 is 2.67 bits per heavy atom. The molecule has 2 aromatic rings. The van der Waals surface area contributed by atoms with Crippen LogP contribution in [0.3, 0.4) is 0 Å². The van der Waals surface area contributed by atoms with Crippen LogP contribution in [0.1, 0.15) is 5.56 Å². The topological polar surface area (TPSA) is 38.1 Å². The number of rotatable bonds is 4. The Labute approximate surface area is 121 Å². The number of carbonyl (C=O) groups is 1. The molecule has 0 aliphatic carbocycles. The summed E-state index contributed by atoms with van der Waals surface area (Å²) < 4.78 is 28.1. The van der Waals surface area contributed by atoms with Crippen molar-refractivity contribution in [3.8, 4) is 11.1 Å². The minimum atomic E-state index is -0.937. The molecule has 21 heavy (non-hydrogen) atoms. The van der Waals surface area contributed by atoms with E-state index in [4.69, 9.17) is 0 Å². The van der Waals surface area contributed by atoms with Crippen molar-refractivity contribution in [1.29, 1.82) is 0 Å². The van der Waals surface area contributed by atoms with Crippen molar-refractivity contribution in [2.45, 2.75) is 6.54 Å². The van der Waals surface area contributed by atoms with Gasteiger partial charge in [-0.3, -0.25) is 9.48 Å². The maximum atomic E-state index is 13.4. The van der Waals surface area contributed by atoms with Gasteiger partial charge in [-0.05, 0) is 23.3 Å². The Morgan fingerprint density at radius 2 is 2.05 bits per heavy atom. The van der Waals surface area contributed by atoms with Gasteiger partial charge in [0.15, 0.2) is 11.6 Å². The molecule has 0 N–H and O–H groups in total. The van der Waals surface area contributed by atoms with Crippen LogP contribution in [0.2, 0.25) is 0 Å². The highest BCUT2D eigenvalue weighted by Crippen LogP contribution is 2.26. The summed E-state index contributed by atoms with van der Waals surface area (Å²) in [7, 11) is 3.30. The molecule has 1 aromatic carbocycles. The minimum Gasteiger partial charge on any atom is -0.347 e. The molecule has 110 valence electrons. The predicted molar refractivity (Wildman–Crippen MR) is 76.4 cm³/mol. The zero-order valence-corrected chi connectivity index (χ0v) is 11.8. The largest absolute Gasteiger partial charge is 0.347 e. The lowest BCUT2D eigenvalue weighted by atomic mass is 10.0. The van der Waals surface area contributed by atoms with Gasteiger partial charge in [0.05, 0.1) is 6.20 Å². The zero-order valence-electron chi connectivity index (χ0n) is 11.8. The molecule has 0 fully saturated rings. The van der Waals surface area contributed by atoms with Gasteiger partial charge in [0, 0.05) is 25.9 Å². The van der Waals surface area contributed by atoms with Gasteiger partial charge in [-0.1, -0.05) is 12.7 Å². The van der Waals surface area contributed by atoms with Crippen LogP contribution < -0.4 is 0 Å². The molecule has 0 bridgehead atoms. The lowest BCUT2D eigenvalue weighted by molar-refractivity contribution is -0.129. The highest BCUT2D eigenvalue weighted by Gasteiger charge is 2.12. The van der Waals surface area contributed by atoms with E-state index in [1.165, 1.54) is 21.9 Å². The van der Waals surface area contributed by atoms with Crippen molar-refractivity contribution in [2.24, 2.45) is 0 Å². The standard InChI is InChI=1S/C15H15F2N3O/c1-4-10-5-13(16)14(17)6-12(10)11-7-18-20(8-11)9-15(21)19(2)3/h4-8H,1,9H2,2-3H3. The Kier molecular flexibility index (Phi) is 4.16. The number of halogens is 2. The van der Waals surface area contributed by atoms with E-state index in [-0.39, 0.29) is 12.5 Å². The molecule has 0 atom stereocenters. The second kappa shape index (κ2) is 5.87. The smallest absolute Gasteiger partial charge is 0.243 e. The van der Waals surface area contributed by atoms with Crippen LogP contribution in [0.4, 0.5) is 8.78 Å². The van der Waals surface area contributed by atoms with E-state index in [0.717, 1.165) is 12.1 Å². The van der Waals surface area contributed by atoms with E-state index in [2.05, 4.69) is 11.7 Å². The lowest BCUT2D eigenvalue weighted by Crippen LogP contribution is -2.26. The summed E-state index contributed by atoms with van der Waals surface area (Å²) in [4.78, 5) is 13.1. The highest BCUT2D eigenvalue weighted by molar-refractivity contribution is 5.76. The summed E-state index contributed by atoms with van der Waals surface area (Å²) >= 11 is 0. The highest BCUT2D eigenvalue weighted by atomic mass is 19.2. The molecule has 0 unspecified atom stereocenters. The van der Waals surface area contributed by atoms with Crippen LogP contribution in [-0.4, -0.2) is 34.7 Å². The first-order valence-electron chi connectivity index (χ1n) is 6.27. The number of likely N-dealkylation sites (N-methyl/N-ethyl adjacent to an activating group) is 1. The van der Waals surface area contributed by atoms with Gasteiger partial charge in [0.25, 0.3) is 0 Å². The summed E-state index contributed by atoms with van der Waals surface area (Å²) in [5.74, 6) is -1.98. The van der Waals surface area contributed by atoms with Gasteiger partial charge in [0.2, 0.25) is 5.91 Å². The maximum absolute atomic E-state index is 13.4. The van der Waals surface area contributed by atoms with Crippen molar-refractivity contribution >= 4 is 12.0 Å². The zero-order chi connectivity index (χ0) is 15.6. The molecule has 1 amide bonds. The summed E-state index contributed by atoms with van der Waals surface area (Å²) in [6, 6.07) is 2.18. The summed E-state index contributed by atoms with van der Waals surface area (Å²) in [6.07, 6.45) is 4.56. The molecule has 1 aromatic heterocycles. The molecule has 1 heterocycles. The van der Waals surface area contributed by atoms with E-state index in [9.17, 15) is 13.6 Å². The van der Waals surface area contributed by atoms with Gasteiger partial charge in [0.1, 0.15) is 6.54 Å². The summed E-state index contributed by atoms with van der Waals surface area (Å²) in [5.41, 5.74) is 1.54. The normalized spacial score (nSPS) is 10.5. The number of carbonyl (C=O) groups excluding carboxylic acids is 1. The first kappa shape index (κ1) is 14.9. The SMILES string of the molecule is C=Cc1cc(F)c(F)cc1-c1cnn(CC(=O)N(C)C)c1. The second-order valence-corrected chi connectivity index (χ2v) is 4.77. The van der Waals surface area contributed by atoms with Crippen LogP contribution in [0.5, 0.6) is 0 Å². The molecule has 0 aliphatic rings. The molecule has 0 radical (unpaired) electrons. The number of hydrogen-bond acceptors (Lipinski definition) is 2. The summed E-state index contributed by atoms with van der Waals surface area (Å²) in [5, 5.41) is 4.06. The maximum Gasteiger partial charge on any atom is 0.243 e. The molecule has 4 nitrogen and oxygen atoms in total. The molecular weight excluding hydrogens is 276 g/mol. The average Bonchev–Trinajstić information content (AvgIpc) is 2.89. The molecular formula is C15H15F2N3O. The van der Waals surface area contributed by atoms with Crippen LogP contribution in [0, 0.1) is 11.6 Å².